The second-order valence-electron chi connectivity index (χ2n) is 5.45. The van der Waals surface area contributed by atoms with Gasteiger partial charge >= 0.3 is 0 Å². The Labute approximate surface area is 113 Å². The number of hydrogen-bond donors (Lipinski definition) is 2. The normalized spacial score (nSPS) is 13.7. The Bertz CT molecular complexity index is 333. The summed E-state index contributed by atoms with van der Waals surface area (Å²) in [5.41, 5.74) is 1.41. The third-order valence-electron chi connectivity index (χ3n) is 2.69. The van der Waals surface area contributed by atoms with Crippen LogP contribution in [0.3, 0.4) is 0 Å². The van der Waals surface area contributed by atoms with E-state index in [2.05, 4.69) is 59.4 Å². The summed E-state index contributed by atoms with van der Waals surface area (Å²) in [4.78, 5) is 0. The topological polar surface area (TPSA) is 32.3 Å². The van der Waals surface area contributed by atoms with Gasteiger partial charge in [-0.1, -0.05) is 41.9 Å². The number of aliphatic hydroxyl groups is 1. The van der Waals surface area contributed by atoms with Crippen LogP contribution in [-0.2, 0) is 6.54 Å². The van der Waals surface area contributed by atoms with Gasteiger partial charge in [0.25, 0.3) is 0 Å². The molecule has 17 heavy (non-hydrogen) atoms. The maximum Gasteiger partial charge on any atom is 0.0517 e. The van der Waals surface area contributed by atoms with E-state index in [0.717, 1.165) is 24.0 Å². The van der Waals surface area contributed by atoms with Crippen molar-refractivity contribution in [3.05, 3.63) is 34.3 Å². The standard InChI is InChI=1S/C14H22BrNO/c1-11(17)8-14(2,3)10-16-9-12-4-6-13(15)7-5-12/h4-7,11,16-17H,8-10H2,1-3H3. The molecule has 1 aromatic rings. The fourth-order valence-electron chi connectivity index (χ4n) is 2.02. The average molecular weight is 300 g/mol. The first-order valence-corrected chi connectivity index (χ1v) is 6.81. The molecule has 3 heteroatoms. The molecule has 0 bridgehead atoms. The van der Waals surface area contributed by atoms with Crippen molar-refractivity contribution in [2.24, 2.45) is 5.41 Å². The minimum atomic E-state index is -0.237. The molecule has 0 radical (unpaired) electrons. The zero-order valence-corrected chi connectivity index (χ0v) is 12.4. The fraction of sp³-hybridized carbons (Fsp3) is 0.571. The number of hydrogen-bond acceptors (Lipinski definition) is 2. The Hall–Kier alpha value is -0.380. The van der Waals surface area contributed by atoms with E-state index in [1.165, 1.54) is 5.56 Å². The smallest absolute Gasteiger partial charge is 0.0517 e. The quantitative estimate of drug-likeness (QED) is 0.844. The maximum absolute atomic E-state index is 9.40. The SMILES string of the molecule is CC(O)CC(C)(C)CNCc1ccc(Br)cc1. The zero-order valence-electron chi connectivity index (χ0n) is 10.8. The second kappa shape index (κ2) is 6.53. The van der Waals surface area contributed by atoms with Crippen molar-refractivity contribution in [3.8, 4) is 0 Å². The molecular weight excluding hydrogens is 278 g/mol. The number of nitrogens with one attached hydrogen (secondary N) is 1. The van der Waals surface area contributed by atoms with E-state index in [1.54, 1.807) is 0 Å². The lowest BCUT2D eigenvalue weighted by Gasteiger charge is -2.26. The monoisotopic (exact) mass is 299 g/mol. The first-order valence-electron chi connectivity index (χ1n) is 6.02. The van der Waals surface area contributed by atoms with Gasteiger partial charge in [-0.3, -0.25) is 0 Å². The summed E-state index contributed by atoms with van der Waals surface area (Å²) in [5.74, 6) is 0. The first-order chi connectivity index (χ1) is 7.89. The van der Waals surface area contributed by atoms with Gasteiger partial charge in [0.2, 0.25) is 0 Å². The van der Waals surface area contributed by atoms with Crippen molar-refractivity contribution < 1.29 is 5.11 Å². The summed E-state index contributed by atoms with van der Waals surface area (Å²) in [6.45, 7) is 7.98. The lowest BCUT2D eigenvalue weighted by Crippen LogP contribution is -2.31. The van der Waals surface area contributed by atoms with E-state index >= 15 is 0 Å². The Morgan fingerprint density at radius 2 is 1.88 bits per heavy atom. The lowest BCUT2D eigenvalue weighted by atomic mass is 9.87. The predicted molar refractivity (Wildman–Crippen MR) is 75.9 cm³/mol. The molecule has 0 amide bonds. The Morgan fingerprint density at radius 1 is 1.29 bits per heavy atom. The highest BCUT2D eigenvalue weighted by molar-refractivity contribution is 9.10. The van der Waals surface area contributed by atoms with Crippen molar-refractivity contribution >= 4 is 15.9 Å². The molecule has 1 atom stereocenters. The van der Waals surface area contributed by atoms with Gasteiger partial charge in [-0.15, -0.1) is 0 Å². The van der Waals surface area contributed by atoms with Gasteiger partial charge in [-0.25, -0.2) is 0 Å². The molecular formula is C14H22BrNO. The van der Waals surface area contributed by atoms with E-state index < -0.39 is 0 Å². The van der Waals surface area contributed by atoms with E-state index in [4.69, 9.17) is 0 Å². The van der Waals surface area contributed by atoms with Crippen molar-refractivity contribution in [1.29, 1.82) is 0 Å². The summed E-state index contributed by atoms with van der Waals surface area (Å²) in [5, 5.41) is 12.8. The van der Waals surface area contributed by atoms with Crippen molar-refractivity contribution in [2.75, 3.05) is 6.54 Å². The van der Waals surface area contributed by atoms with Crippen LogP contribution in [0.4, 0.5) is 0 Å². The van der Waals surface area contributed by atoms with Gasteiger partial charge in [0.15, 0.2) is 0 Å². The van der Waals surface area contributed by atoms with Crippen LogP contribution in [0.25, 0.3) is 0 Å². The molecule has 2 N–H and O–H groups in total. The molecule has 0 saturated carbocycles. The molecule has 1 aromatic carbocycles. The van der Waals surface area contributed by atoms with Gasteiger partial charge in [-0.2, -0.15) is 0 Å². The lowest BCUT2D eigenvalue weighted by molar-refractivity contribution is 0.128. The van der Waals surface area contributed by atoms with Gasteiger partial charge in [-0.05, 0) is 36.5 Å². The summed E-state index contributed by atoms with van der Waals surface area (Å²) >= 11 is 3.42. The summed E-state index contributed by atoms with van der Waals surface area (Å²) < 4.78 is 1.11. The van der Waals surface area contributed by atoms with E-state index in [1.807, 2.05) is 6.92 Å². The number of benzene rings is 1. The van der Waals surface area contributed by atoms with Crippen molar-refractivity contribution in [3.63, 3.8) is 0 Å². The Kier molecular flexibility index (Phi) is 5.63. The minimum absolute atomic E-state index is 0.129. The molecule has 1 unspecified atom stereocenters. The third-order valence-corrected chi connectivity index (χ3v) is 3.22. The molecule has 0 spiro atoms. The number of halogens is 1. The molecule has 0 aromatic heterocycles. The maximum atomic E-state index is 9.40. The van der Waals surface area contributed by atoms with E-state index in [9.17, 15) is 5.11 Å². The second-order valence-corrected chi connectivity index (χ2v) is 6.36. The Morgan fingerprint density at radius 3 is 2.41 bits per heavy atom. The molecule has 0 fully saturated rings. The molecule has 0 aliphatic heterocycles. The largest absolute Gasteiger partial charge is 0.393 e. The fourth-order valence-corrected chi connectivity index (χ4v) is 2.28. The van der Waals surface area contributed by atoms with Gasteiger partial charge in [0.1, 0.15) is 0 Å². The van der Waals surface area contributed by atoms with Crippen LogP contribution in [-0.4, -0.2) is 17.8 Å². The molecule has 1 rings (SSSR count). The minimum Gasteiger partial charge on any atom is -0.393 e. The van der Waals surface area contributed by atoms with Crippen LogP contribution in [0.2, 0.25) is 0 Å². The first kappa shape index (κ1) is 14.7. The van der Waals surface area contributed by atoms with E-state index in [-0.39, 0.29) is 11.5 Å². The van der Waals surface area contributed by atoms with Crippen LogP contribution in [0.15, 0.2) is 28.7 Å². The van der Waals surface area contributed by atoms with Crippen LogP contribution >= 0.6 is 15.9 Å². The van der Waals surface area contributed by atoms with Crippen molar-refractivity contribution in [2.45, 2.75) is 39.8 Å². The summed E-state index contributed by atoms with van der Waals surface area (Å²) in [6.07, 6.45) is 0.583. The number of aliphatic hydroxyl groups excluding tert-OH is 1. The van der Waals surface area contributed by atoms with Crippen molar-refractivity contribution in [1.82, 2.24) is 5.32 Å². The van der Waals surface area contributed by atoms with Crippen LogP contribution in [0.1, 0.15) is 32.8 Å². The molecule has 0 saturated heterocycles. The van der Waals surface area contributed by atoms with Gasteiger partial charge in [0, 0.05) is 17.6 Å². The molecule has 0 aliphatic rings. The molecule has 0 aliphatic carbocycles. The predicted octanol–water partition coefficient (Wildman–Crippen LogP) is 3.34. The number of rotatable bonds is 6. The summed E-state index contributed by atoms with van der Waals surface area (Å²) in [6, 6.07) is 8.33. The molecule has 96 valence electrons. The Balaban J connectivity index is 2.34. The van der Waals surface area contributed by atoms with Crippen LogP contribution in [0, 0.1) is 5.41 Å². The average Bonchev–Trinajstić information content (AvgIpc) is 2.18. The third kappa shape index (κ3) is 6.20. The molecule has 0 heterocycles. The van der Waals surface area contributed by atoms with E-state index in [0.29, 0.717) is 0 Å². The molecule has 2 nitrogen and oxygen atoms in total. The highest BCUT2D eigenvalue weighted by Crippen LogP contribution is 2.21. The van der Waals surface area contributed by atoms with Gasteiger partial charge in [0.05, 0.1) is 6.10 Å². The van der Waals surface area contributed by atoms with Crippen LogP contribution < -0.4 is 5.32 Å². The highest BCUT2D eigenvalue weighted by atomic mass is 79.9. The zero-order chi connectivity index (χ0) is 12.9. The van der Waals surface area contributed by atoms with Crippen LogP contribution in [0.5, 0.6) is 0 Å². The highest BCUT2D eigenvalue weighted by Gasteiger charge is 2.19. The summed E-state index contributed by atoms with van der Waals surface area (Å²) in [7, 11) is 0. The van der Waals surface area contributed by atoms with Gasteiger partial charge < -0.3 is 10.4 Å².